The zero-order chi connectivity index (χ0) is 16.8. The minimum Gasteiger partial charge on any atom is -0.160 e. The summed E-state index contributed by atoms with van der Waals surface area (Å²) in [5.41, 5.74) is 5.29. The molecule has 2 nitrogen and oxygen atoms in total. The van der Waals surface area contributed by atoms with Gasteiger partial charge in [-0.05, 0) is 61.0 Å². The fourth-order valence-electron chi connectivity index (χ4n) is 5.90. The lowest BCUT2D eigenvalue weighted by atomic mass is 9.72. The Morgan fingerprint density at radius 3 is 2.29 bits per heavy atom. The van der Waals surface area contributed by atoms with Crippen LogP contribution in [0.15, 0.2) is 34.5 Å². The lowest BCUT2D eigenvalue weighted by Gasteiger charge is -2.33. The van der Waals surface area contributed by atoms with E-state index in [0.717, 1.165) is 24.2 Å². The summed E-state index contributed by atoms with van der Waals surface area (Å²) in [6, 6.07) is 9.17. The van der Waals surface area contributed by atoms with E-state index in [2.05, 4.69) is 57.1 Å². The molecule has 0 spiro atoms. The third-order valence-electron chi connectivity index (χ3n) is 6.72. The third kappa shape index (κ3) is 2.46. The van der Waals surface area contributed by atoms with Gasteiger partial charge in [-0.3, -0.25) is 0 Å². The van der Waals surface area contributed by atoms with Crippen LogP contribution in [0.4, 0.5) is 0 Å². The topological polar surface area (TPSA) is 24.7 Å². The van der Waals surface area contributed by atoms with E-state index in [-0.39, 0.29) is 0 Å². The molecule has 2 heteroatoms. The van der Waals surface area contributed by atoms with E-state index in [9.17, 15) is 0 Å². The molecule has 4 rings (SSSR count). The average Bonchev–Trinajstić information content (AvgIpc) is 3.12. The highest BCUT2D eigenvalue weighted by Crippen LogP contribution is 2.59. The maximum absolute atomic E-state index is 4.71. The summed E-state index contributed by atoms with van der Waals surface area (Å²) in [5.74, 6) is 4.52. The number of benzene rings is 1. The molecule has 0 aromatic heterocycles. The molecule has 1 aromatic carbocycles. The van der Waals surface area contributed by atoms with Crippen LogP contribution >= 0.6 is 0 Å². The van der Waals surface area contributed by atoms with Gasteiger partial charge >= 0.3 is 0 Å². The van der Waals surface area contributed by atoms with E-state index < -0.39 is 0 Å². The first-order valence-corrected chi connectivity index (χ1v) is 9.81. The molecule has 2 fully saturated rings. The molecule has 1 aliphatic heterocycles. The molecule has 24 heavy (non-hydrogen) atoms. The molecule has 0 saturated heterocycles. The van der Waals surface area contributed by atoms with E-state index >= 15 is 0 Å². The van der Waals surface area contributed by atoms with Gasteiger partial charge < -0.3 is 0 Å². The van der Waals surface area contributed by atoms with Crippen molar-refractivity contribution >= 4 is 11.4 Å². The van der Waals surface area contributed by atoms with Crippen LogP contribution in [0.2, 0.25) is 0 Å². The van der Waals surface area contributed by atoms with Gasteiger partial charge in [0.1, 0.15) is 0 Å². The molecule has 5 atom stereocenters. The number of hydrogen-bond donors (Lipinski definition) is 0. The fourth-order valence-corrected chi connectivity index (χ4v) is 5.90. The van der Waals surface area contributed by atoms with Crippen molar-refractivity contribution in [1.82, 2.24) is 0 Å². The van der Waals surface area contributed by atoms with Crippen molar-refractivity contribution in [3.63, 3.8) is 0 Å². The smallest absolute Gasteiger partial charge is 0.0743 e. The van der Waals surface area contributed by atoms with E-state index in [4.69, 9.17) is 5.10 Å². The average molecular weight is 322 g/mol. The van der Waals surface area contributed by atoms with Crippen LogP contribution in [0.5, 0.6) is 0 Å². The summed E-state index contributed by atoms with van der Waals surface area (Å²) in [5, 5.41) is 9.30. The largest absolute Gasteiger partial charge is 0.160 e. The Hall–Kier alpha value is -1.44. The maximum atomic E-state index is 4.71. The zero-order valence-electron chi connectivity index (χ0n) is 15.5. The first-order valence-electron chi connectivity index (χ1n) is 9.81. The predicted molar refractivity (Wildman–Crippen MR) is 102 cm³/mol. The summed E-state index contributed by atoms with van der Waals surface area (Å²) >= 11 is 0. The van der Waals surface area contributed by atoms with Gasteiger partial charge in [-0.15, -0.1) is 0 Å². The SMILES string of the molecule is CCC1C2CCC1C1C(c3ccc(CC(C)C)cc3)=NN=C(C)C21. The fraction of sp³-hybridized carbons (Fsp3) is 0.636. The number of nitrogens with zero attached hydrogens (tertiary/aromatic N) is 2. The molecular weight excluding hydrogens is 292 g/mol. The second-order valence-corrected chi connectivity index (χ2v) is 8.55. The van der Waals surface area contributed by atoms with Crippen LogP contribution in [0.1, 0.15) is 58.1 Å². The predicted octanol–water partition coefficient (Wildman–Crippen LogP) is 5.36. The Morgan fingerprint density at radius 2 is 1.67 bits per heavy atom. The zero-order valence-corrected chi connectivity index (χ0v) is 15.5. The van der Waals surface area contributed by atoms with Gasteiger partial charge in [0.15, 0.2) is 0 Å². The van der Waals surface area contributed by atoms with Crippen molar-refractivity contribution < 1.29 is 0 Å². The van der Waals surface area contributed by atoms with Crippen LogP contribution in [-0.2, 0) is 6.42 Å². The molecular formula is C22H30N2. The second kappa shape index (κ2) is 6.13. The monoisotopic (exact) mass is 322 g/mol. The molecule has 2 saturated carbocycles. The highest BCUT2D eigenvalue weighted by atomic mass is 15.2. The van der Waals surface area contributed by atoms with Gasteiger partial charge in [-0.25, -0.2) is 0 Å². The first-order chi connectivity index (χ1) is 11.6. The van der Waals surface area contributed by atoms with Gasteiger partial charge in [0.25, 0.3) is 0 Å². The van der Waals surface area contributed by atoms with E-state index in [0.29, 0.717) is 17.8 Å². The molecule has 5 unspecified atom stereocenters. The van der Waals surface area contributed by atoms with Crippen molar-refractivity contribution in [2.24, 2.45) is 45.7 Å². The summed E-state index contributed by atoms with van der Waals surface area (Å²) in [6.45, 7) is 9.14. The van der Waals surface area contributed by atoms with Crippen molar-refractivity contribution in [2.45, 2.75) is 53.4 Å². The van der Waals surface area contributed by atoms with Crippen LogP contribution in [0.25, 0.3) is 0 Å². The molecule has 1 heterocycles. The third-order valence-corrected chi connectivity index (χ3v) is 6.72. The Bertz CT molecular complexity index is 668. The summed E-state index contributed by atoms with van der Waals surface area (Å²) < 4.78 is 0. The molecule has 2 bridgehead atoms. The molecule has 0 N–H and O–H groups in total. The first kappa shape index (κ1) is 16.1. The van der Waals surface area contributed by atoms with Gasteiger partial charge in [0, 0.05) is 17.5 Å². The van der Waals surface area contributed by atoms with Crippen molar-refractivity contribution in [3.05, 3.63) is 35.4 Å². The highest BCUT2D eigenvalue weighted by Gasteiger charge is 2.56. The molecule has 128 valence electrons. The summed E-state index contributed by atoms with van der Waals surface area (Å²) in [7, 11) is 0. The maximum Gasteiger partial charge on any atom is 0.0743 e. The Labute approximate surface area is 146 Å². The standard InChI is InChI=1S/C22H30N2/c1-5-17-18-10-11-19(17)21-20(18)14(4)23-24-22(21)16-8-6-15(7-9-16)12-13(2)3/h6-9,13,17-21H,5,10-12H2,1-4H3. The van der Waals surface area contributed by atoms with Gasteiger partial charge in [0.2, 0.25) is 0 Å². The highest BCUT2D eigenvalue weighted by molar-refractivity contribution is 6.07. The minimum absolute atomic E-state index is 0.613. The Morgan fingerprint density at radius 1 is 1.00 bits per heavy atom. The lowest BCUT2D eigenvalue weighted by Crippen LogP contribution is -2.36. The van der Waals surface area contributed by atoms with Gasteiger partial charge in [-0.2, -0.15) is 10.2 Å². The summed E-state index contributed by atoms with van der Waals surface area (Å²) in [6.07, 6.45) is 5.26. The van der Waals surface area contributed by atoms with E-state index in [1.54, 1.807) is 0 Å². The van der Waals surface area contributed by atoms with Crippen molar-refractivity contribution in [2.75, 3.05) is 0 Å². The number of fused-ring (bicyclic) bond motifs is 5. The summed E-state index contributed by atoms with van der Waals surface area (Å²) in [4.78, 5) is 0. The molecule has 1 aromatic rings. The minimum atomic E-state index is 0.613. The van der Waals surface area contributed by atoms with E-state index in [1.165, 1.54) is 41.8 Å². The molecule has 3 aliphatic rings. The second-order valence-electron chi connectivity index (χ2n) is 8.55. The van der Waals surface area contributed by atoms with Crippen molar-refractivity contribution in [3.8, 4) is 0 Å². The van der Waals surface area contributed by atoms with Crippen LogP contribution < -0.4 is 0 Å². The van der Waals surface area contributed by atoms with Crippen LogP contribution in [0.3, 0.4) is 0 Å². The Kier molecular flexibility index (Phi) is 4.10. The molecule has 2 aliphatic carbocycles. The van der Waals surface area contributed by atoms with Gasteiger partial charge in [0.05, 0.1) is 5.71 Å². The molecule has 0 radical (unpaired) electrons. The number of hydrogen-bond acceptors (Lipinski definition) is 2. The lowest BCUT2D eigenvalue weighted by molar-refractivity contribution is 0.349. The van der Waals surface area contributed by atoms with Crippen LogP contribution in [0, 0.1) is 35.5 Å². The van der Waals surface area contributed by atoms with Crippen molar-refractivity contribution in [1.29, 1.82) is 0 Å². The van der Waals surface area contributed by atoms with Crippen LogP contribution in [-0.4, -0.2) is 11.4 Å². The normalized spacial score (nSPS) is 34.3. The van der Waals surface area contributed by atoms with Gasteiger partial charge in [-0.1, -0.05) is 51.5 Å². The Balaban J connectivity index is 1.66. The molecule has 0 amide bonds. The quantitative estimate of drug-likeness (QED) is 0.712. The number of rotatable bonds is 4. The van der Waals surface area contributed by atoms with E-state index in [1.807, 2.05) is 0 Å².